The van der Waals surface area contributed by atoms with Gasteiger partial charge in [0.05, 0.1) is 17.1 Å². The molecular weight excluding hydrogens is 346 g/mol. The summed E-state index contributed by atoms with van der Waals surface area (Å²) in [5, 5.41) is 4.60. The third-order valence-corrected chi connectivity index (χ3v) is 4.48. The standard InChI is InChI=1S/C19H15N5OS/c1-13(25)21-18-20-10-9-15(22-18)7-8-16-17(14-5-3-2-4-6-14)23-19-24(16)11-12-26-19/h2-12H,1H3,(H,20,21,22,25)/b8-7+. The molecule has 0 bridgehead atoms. The van der Waals surface area contributed by atoms with E-state index in [1.165, 1.54) is 6.92 Å². The first-order valence-electron chi connectivity index (χ1n) is 8.00. The fourth-order valence-corrected chi connectivity index (χ4v) is 3.34. The zero-order chi connectivity index (χ0) is 17.9. The smallest absolute Gasteiger partial charge is 0.229 e. The molecule has 1 amide bonds. The number of hydrogen-bond donors (Lipinski definition) is 1. The number of aromatic nitrogens is 4. The number of amides is 1. The number of imidazole rings is 1. The number of benzene rings is 1. The van der Waals surface area contributed by atoms with Crippen molar-refractivity contribution in [2.75, 3.05) is 5.32 Å². The van der Waals surface area contributed by atoms with E-state index in [-0.39, 0.29) is 11.9 Å². The molecule has 0 radical (unpaired) electrons. The van der Waals surface area contributed by atoms with Gasteiger partial charge < -0.3 is 0 Å². The van der Waals surface area contributed by atoms with E-state index < -0.39 is 0 Å². The van der Waals surface area contributed by atoms with Crippen LogP contribution in [0.15, 0.2) is 54.2 Å². The number of carbonyl (C=O) groups excluding carboxylic acids is 1. The molecule has 1 aromatic carbocycles. The predicted octanol–water partition coefficient (Wildman–Crippen LogP) is 3.98. The summed E-state index contributed by atoms with van der Waals surface area (Å²) in [7, 11) is 0. The van der Waals surface area contributed by atoms with Crippen LogP contribution in [0.3, 0.4) is 0 Å². The minimum Gasteiger partial charge on any atom is -0.295 e. The Morgan fingerprint density at radius 3 is 2.81 bits per heavy atom. The molecule has 7 heteroatoms. The first-order valence-corrected chi connectivity index (χ1v) is 8.88. The van der Waals surface area contributed by atoms with Crippen molar-refractivity contribution >= 4 is 40.3 Å². The highest BCUT2D eigenvalue weighted by atomic mass is 32.1. The Hall–Kier alpha value is -3.32. The second kappa shape index (κ2) is 6.89. The lowest BCUT2D eigenvalue weighted by atomic mass is 10.1. The molecule has 0 aliphatic rings. The molecule has 0 aliphatic carbocycles. The van der Waals surface area contributed by atoms with Gasteiger partial charge >= 0.3 is 0 Å². The highest BCUT2D eigenvalue weighted by Crippen LogP contribution is 2.28. The summed E-state index contributed by atoms with van der Waals surface area (Å²) in [6.07, 6.45) is 7.49. The lowest BCUT2D eigenvalue weighted by molar-refractivity contribution is -0.114. The van der Waals surface area contributed by atoms with Gasteiger partial charge in [0, 0.05) is 30.3 Å². The lowest BCUT2D eigenvalue weighted by Gasteiger charge is -2.01. The zero-order valence-electron chi connectivity index (χ0n) is 14.0. The van der Waals surface area contributed by atoms with Gasteiger partial charge in [-0.25, -0.2) is 15.0 Å². The number of nitrogens with one attached hydrogen (secondary N) is 1. The summed E-state index contributed by atoms with van der Waals surface area (Å²) in [5.41, 5.74) is 3.66. The summed E-state index contributed by atoms with van der Waals surface area (Å²) in [6.45, 7) is 1.43. The summed E-state index contributed by atoms with van der Waals surface area (Å²) in [6, 6.07) is 11.9. The van der Waals surface area contributed by atoms with Crippen LogP contribution in [0.4, 0.5) is 5.95 Å². The topological polar surface area (TPSA) is 72.2 Å². The van der Waals surface area contributed by atoms with E-state index in [9.17, 15) is 4.79 Å². The van der Waals surface area contributed by atoms with Gasteiger partial charge in [-0.1, -0.05) is 30.3 Å². The third kappa shape index (κ3) is 3.25. The molecule has 0 saturated carbocycles. The summed E-state index contributed by atoms with van der Waals surface area (Å²) < 4.78 is 2.05. The van der Waals surface area contributed by atoms with E-state index in [0.29, 0.717) is 5.69 Å². The molecule has 3 heterocycles. The highest BCUT2D eigenvalue weighted by Gasteiger charge is 2.12. The van der Waals surface area contributed by atoms with Gasteiger partial charge in [0.1, 0.15) is 0 Å². The summed E-state index contributed by atoms with van der Waals surface area (Å²) >= 11 is 1.59. The quantitative estimate of drug-likeness (QED) is 0.597. The van der Waals surface area contributed by atoms with Crippen molar-refractivity contribution in [2.24, 2.45) is 0 Å². The Labute approximate surface area is 153 Å². The van der Waals surface area contributed by atoms with E-state index in [2.05, 4.69) is 19.7 Å². The van der Waals surface area contributed by atoms with Gasteiger partial charge in [-0.05, 0) is 18.2 Å². The molecule has 0 unspecified atom stereocenters. The van der Waals surface area contributed by atoms with Crippen LogP contribution in [-0.2, 0) is 4.79 Å². The first-order chi connectivity index (χ1) is 12.7. The number of fused-ring (bicyclic) bond motifs is 1. The van der Waals surface area contributed by atoms with Crippen molar-refractivity contribution in [3.05, 3.63) is 65.6 Å². The van der Waals surface area contributed by atoms with Crippen LogP contribution in [0.25, 0.3) is 28.4 Å². The van der Waals surface area contributed by atoms with Crippen molar-refractivity contribution < 1.29 is 4.79 Å². The second-order valence-electron chi connectivity index (χ2n) is 5.59. The van der Waals surface area contributed by atoms with Gasteiger partial charge in [-0.3, -0.25) is 14.5 Å². The zero-order valence-corrected chi connectivity index (χ0v) is 14.8. The summed E-state index contributed by atoms with van der Waals surface area (Å²) in [4.78, 5) is 25.2. The van der Waals surface area contributed by atoms with E-state index in [1.54, 1.807) is 23.6 Å². The molecule has 128 valence electrons. The van der Waals surface area contributed by atoms with Gasteiger partial charge in [-0.15, -0.1) is 11.3 Å². The van der Waals surface area contributed by atoms with Crippen LogP contribution in [0.1, 0.15) is 18.3 Å². The van der Waals surface area contributed by atoms with Crippen LogP contribution in [0.5, 0.6) is 0 Å². The van der Waals surface area contributed by atoms with Gasteiger partial charge in [0.25, 0.3) is 0 Å². The van der Waals surface area contributed by atoms with Crippen molar-refractivity contribution in [1.29, 1.82) is 0 Å². The number of anilines is 1. The maximum Gasteiger partial charge on any atom is 0.229 e. The average Bonchev–Trinajstić information content (AvgIpc) is 3.22. The van der Waals surface area contributed by atoms with Crippen LogP contribution in [0, 0.1) is 0 Å². The number of rotatable bonds is 4. The Bertz CT molecular complexity index is 1100. The van der Waals surface area contributed by atoms with E-state index in [0.717, 1.165) is 21.9 Å². The highest BCUT2D eigenvalue weighted by molar-refractivity contribution is 7.15. The molecule has 0 saturated heterocycles. The van der Waals surface area contributed by atoms with E-state index in [1.807, 2.05) is 54.1 Å². The van der Waals surface area contributed by atoms with Crippen molar-refractivity contribution in [3.63, 3.8) is 0 Å². The van der Waals surface area contributed by atoms with Gasteiger partial charge in [0.2, 0.25) is 11.9 Å². The Morgan fingerprint density at radius 2 is 2.00 bits per heavy atom. The maximum absolute atomic E-state index is 11.2. The fourth-order valence-electron chi connectivity index (χ4n) is 2.62. The fraction of sp³-hybridized carbons (Fsp3) is 0.0526. The first kappa shape index (κ1) is 16.2. The van der Waals surface area contributed by atoms with Crippen LogP contribution < -0.4 is 5.32 Å². The Morgan fingerprint density at radius 1 is 1.15 bits per heavy atom. The molecule has 4 rings (SSSR count). The van der Waals surface area contributed by atoms with Gasteiger partial charge in [-0.2, -0.15) is 0 Å². The van der Waals surface area contributed by atoms with Crippen LogP contribution in [-0.4, -0.2) is 25.3 Å². The van der Waals surface area contributed by atoms with Crippen LogP contribution >= 0.6 is 11.3 Å². The molecule has 0 aliphatic heterocycles. The van der Waals surface area contributed by atoms with Crippen LogP contribution in [0.2, 0.25) is 0 Å². The Balaban J connectivity index is 1.74. The van der Waals surface area contributed by atoms with Crippen molar-refractivity contribution in [1.82, 2.24) is 19.4 Å². The minimum atomic E-state index is -0.201. The largest absolute Gasteiger partial charge is 0.295 e. The molecule has 0 spiro atoms. The van der Waals surface area contributed by atoms with Crippen molar-refractivity contribution in [3.8, 4) is 11.3 Å². The lowest BCUT2D eigenvalue weighted by Crippen LogP contribution is -2.09. The van der Waals surface area contributed by atoms with Gasteiger partial charge in [0.15, 0.2) is 4.96 Å². The van der Waals surface area contributed by atoms with Crippen molar-refractivity contribution in [2.45, 2.75) is 6.92 Å². The normalized spacial score (nSPS) is 11.3. The molecule has 3 aromatic heterocycles. The number of hydrogen-bond acceptors (Lipinski definition) is 5. The summed E-state index contributed by atoms with van der Waals surface area (Å²) in [5.74, 6) is 0.0881. The number of thiazole rings is 1. The molecule has 6 nitrogen and oxygen atoms in total. The third-order valence-electron chi connectivity index (χ3n) is 3.72. The Kier molecular flexibility index (Phi) is 4.28. The second-order valence-corrected chi connectivity index (χ2v) is 6.46. The molecular formula is C19H15N5OS. The maximum atomic E-state index is 11.2. The molecule has 0 atom stereocenters. The monoisotopic (exact) mass is 361 g/mol. The predicted molar refractivity (Wildman–Crippen MR) is 104 cm³/mol. The van der Waals surface area contributed by atoms with E-state index >= 15 is 0 Å². The molecule has 1 N–H and O–H groups in total. The molecule has 0 fully saturated rings. The number of nitrogens with zero attached hydrogens (tertiary/aromatic N) is 4. The number of carbonyl (C=O) groups is 1. The SMILES string of the molecule is CC(=O)Nc1nccc(/C=C/c2c(-c3ccccc3)nc3sccn23)n1. The molecule has 4 aromatic rings. The average molecular weight is 361 g/mol. The minimum absolute atomic E-state index is 0.201. The van der Waals surface area contributed by atoms with E-state index in [4.69, 9.17) is 4.98 Å². The molecule has 26 heavy (non-hydrogen) atoms.